The Morgan fingerprint density at radius 2 is 1.76 bits per heavy atom. The quantitative estimate of drug-likeness (QED) is 0.610. The second kappa shape index (κ2) is 10.7. The highest BCUT2D eigenvalue weighted by molar-refractivity contribution is 5.96. The lowest BCUT2D eigenvalue weighted by molar-refractivity contribution is -0.134. The first-order valence-corrected chi connectivity index (χ1v) is 13.0. The topological polar surface area (TPSA) is 65.5 Å². The van der Waals surface area contributed by atoms with Gasteiger partial charge < -0.3 is 15.1 Å². The first-order chi connectivity index (χ1) is 16.3. The van der Waals surface area contributed by atoms with E-state index >= 15 is 0 Å². The standard InChI is InChI=1S/C28H40N4O2/c1-19-14-20(2)18-32(17-19)26-15-21(3)24-16-22(10-11-25(24)30-26)29-27(33)12-13-28(34)31(4)23-8-6-5-7-9-23/h10-11,15-16,19-20,23H,5-9,12-14,17-18H2,1-4H3,(H,29,33). The van der Waals surface area contributed by atoms with Gasteiger partial charge in [0.1, 0.15) is 5.82 Å². The van der Waals surface area contributed by atoms with Crippen molar-refractivity contribution in [1.82, 2.24) is 9.88 Å². The molecule has 1 aliphatic carbocycles. The maximum absolute atomic E-state index is 12.6. The number of fused-ring (bicyclic) bond motifs is 1. The molecule has 2 fully saturated rings. The van der Waals surface area contributed by atoms with Gasteiger partial charge in [0.05, 0.1) is 5.52 Å². The van der Waals surface area contributed by atoms with Crippen LogP contribution in [0.2, 0.25) is 0 Å². The zero-order valence-electron chi connectivity index (χ0n) is 21.3. The number of aromatic nitrogens is 1. The lowest BCUT2D eigenvalue weighted by Crippen LogP contribution is -2.39. The van der Waals surface area contributed by atoms with Crippen LogP contribution in [0, 0.1) is 18.8 Å². The summed E-state index contributed by atoms with van der Waals surface area (Å²) in [5.74, 6) is 2.33. The van der Waals surface area contributed by atoms with Gasteiger partial charge in [0.15, 0.2) is 0 Å². The fraction of sp³-hybridized carbons (Fsp3) is 0.607. The Balaban J connectivity index is 1.37. The van der Waals surface area contributed by atoms with E-state index in [9.17, 15) is 9.59 Å². The van der Waals surface area contributed by atoms with E-state index < -0.39 is 0 Å². The smallest absolute Gasteiger partial charge is 0.224 e. The minimum Gasteiger partial charge on any atom is -0.356 e. The summed E-state index contributed by atoms with van der Waals surface area (Å²) in [6.45, 7) is 8.83. The summed E-state index contributed by atoms with van der Waals surface area (Å²) in [6, 6.07) is 8.39. The normalized spacial score (nSPS) is 21.5. The summed E-state index contributed by atoms with van der Waals surface area (Å²) < 4.78 is 0. The van der Waals surface area contributed by atoms with Gasteiger partial charge in [0.25, 0.3) is 0 Å². The van der Waals surface area contributed by atoms with Gasteiger partial charge in [-0.25, -0.2) is 4.98 Å². The van der Waals surface area contributed by atoms with Crippen molar-refractivity contribution in [1.29, 1.82) is 0 Å². The molecule has 6 nitrogen and oxygen atoms in total. The molecule has 1 aliphatic heterocycles. The molecule has 2 atom stereocenters. The Kier molecular flexibility index (Phi) is 7.74. The molecular weight excluding hydrogens is 424 g/mol. The summed E-state index contributed by atoms with van der Waals surface area (Å²) in [7, 11) is 1.88. The van der Waals surface area contributed by atoms with Crippen LogP contribution < -0.4 is 10.2 Å². The second-order valence-corrected chi connectivity index (χ2v) is 10.7. The molecule has 184 valence electrons. The zero-order chi connectivity index (χ0) is 24.2. The van der Waals surface area contributed by atoms with Crippen molar-refractivity contribution in [3.8, 4) is 0 Å². The summed E-state index contributed by atoms with van der Waals surface area (Å²) in [5.41, 5.74) is 2.86. The molecule has 4 rings (SSSR count). The van der Waals surface area contributed by atoms with Crippen LogP contribution in [0.25, 0.3) is 10.9 Å². The first-order valence-electron chi connectivity index (χ1n) is 13.0. The van der Waals surface area contributed by atoms with Gasteiger partial charge in [-0.1, -0.05) is 33.1 Å². The van der Waals surface area contributed by atoms with Crippen molar-refractivity contribution in [3.63, 3.8) is 0 Å². The number of nitrogens with zero attached hydrogens (tertiary/aromatic N) is 3. The average molecular weight is 465 g/mol. The Labute approximate surface area is 204 Å². The zero-order valence-corrected chi connectivity index (χ0v) is 21.3. The first kappa shape index (κ1) is 24.5. The van der Waals surface area contributed by atoms with Gasteiger partial charge >= 0.3 is 0 Å². The summed E-state index contributed by atoms with van der Waals surface area (Å²) in [5, 5.41) is 4.03. The number of amides is 2. The van der Waals surface area contributed by atoms with Crippen LogP contribution in [-0.4, -0.2) is 47.9 Å². The molecular formula is C28H40N4O2. The lowest BCUT2D eigenvalue weighted by atomic mass is 9.92. The molecule has 0 bridgehead atoms. The van der Waals surface area contributed by atoms with Gasteiger partial charge in [0, 0.05) is 50.1 Å². The predicted octanol–water partition coefficient (Wildman–Crippen LogP) is 5.54. The van der Waals surface area contributed by atoms with Crippen LogP contribution in [0.3, 0.4) is 0 Å². The molecule has 0 spiro atoms. The molecule has 0 radical (unpaired) electrons. The highest BCUT2D eigenvalue weighted by Crippen LogP contribution is 2.29. The number of rotatable bonds is 6. The van der Waals surface area contributed by atoms with Crippen LogP contribution in [-0.2, 0) is 9.59 Å². The molecule has 6 heteroatoms. The van der Waals surface area contributed by atoms with E-state index in [0.29, 0.717) is 17.9 Å². The number of aryl methyl sites for hydroxylation is 1. The Morgan fingerprint density at radius 1 is 1.06 bits per heavy atom. The average Bonchev–Trinajstić information content (AvgIpc) is 2.82. The van der Waals surface area contributed by atoms with Gasteiger partial charge in [-0.3, -0.25) is 9.59 Å². The summed E-state index contributed by atoms with van der Waals surface area (Å²) >= 11 is 0. The minimum atomic E-state index is -0.122. The number of benzene rings is 1. The summed E-state index contributed by atoms with van der Waals surface area (Å²) in [6.07, 6.45) is 7.53. The predicted molar refractivity (Wildman–Crippen MR) is 139 cm³/mol. The van der Waals surface area contributed by atoms with Crippen LogP contribution in [0.4, 0.5) is 11.5 Å². The van der Waals surface area contributed by atoms with E-state index in [4.69, 9.17) is 4.98 Å². The number of carbonyl (C=O) groups excluding carboxylic acids is 2. The van der Waals surface area contributed by atoms with Gasteiger partial charge in [-0.05, 0) is 67.9 Å². The van der Waals surface area contributed by atoms with Crippen LogP contribution in [0.1, 0.15) is 70.8 Å². The van der Waals surface area contributed by atoms with E-state index in [1.54, 1.807) is 0 Å². The van der Waals surface area contributed by atoms with Crippen molar-refractivity contribution in [2.75, 3.05) is 30.4 Å². The Morgan fingerprint density at radius 3 is 2.47 bits per heavy atom. The van der Waals surface area contributed by atoms with E-state index in [2.05, 4.69) is 37.1 Å². The Hall–Kier alpha value is -2.63. The molecule has 1 aromatic carbocycles. The summed E-state index contributed by atoms with van der Waals surface area (Å²) in [4.78, 5) is 34.3. The van der Waals surface area contributed by atoms with Gasteiger partial charge in [0.2, 0.25) is 11.8 Å². The molecule has 2 heterocycles. The van der Waals surface area contributed by atoms with E-state index in [1.807, 2.05) is 30.1 Å². The van der Waals surface area contributed by atoms with Crippen molar-refractivity contribution in [3.05, 3.63) is 29.8 Å². The minimum absolute atomic E-state index is 0.0643. The molecule has 2 aromatic rings. The van der Waals surface area contributed by atoms with Crippen molar-refractivity contribution in [2.24, 2.45) is 11.8 Å². The maximum atomic E-state index is 12.6. The lowest BCUT2D eigenvalue weighted by Gasteiger charge is -2.36. The number of carbonyl (C=O) groups is 2. The molecule has 1 aromatic heterocycles. The highest BCUT2D eigenvalue weighted by atomic mass is 16.2. The van der Waals surface area contributed by atoms with Crippen LogP contribution in [0.15, 0.2) is 24.3 Å². The number of nitrogens with one attached hydrogen (secondary N) is 1. The maximum Gasteiger partial charge on any atom is 0.224 e. The monoisotopic (exact) mass is 464 g/mol. The number of piperidine rings is 1. The molecule has 1 N–H and O–H groups in total. The Bertz CT molecular complexity index is 1020. The van der Waals surface area contributed by atoms with Gasteiger partial charge in [-0.2, -0.15) is 0 Å². The number of pyridine rings is 1. The van der Waals surface area contributed by atoms with Crippen molar-refractivity contribution < 1.29 is 9.59 Å². The third kappa shape index (κ3) is 5.89. The third-order valence-corrected chi connectivity index (χ3v) is 7.56. The SMILES string of the molecule is Cc1cc(N2CC(C)CC(C)C2)nc2ccc(NC(=O)CCC(=O)N(C)C3CCCCC3)cc12. The van der Waals surface area contributed by atoms with E-state index in [1.165, 1.54) is 25.7 Å². The molecule has 1 saturated heterocycles. The largest absolute Gasteiger partial charge is 0.356 e. The van der Waals surface area contributed by atoms with Gasteiger partial charge in [-0.15, -0.1) is 0 Å². The molecule has 2 unspecified atom stereocenters. The van der Waals surface area contributed by atoms with E-state index in [-0.39, 0.29) is 24.7 Å². The highest BCUT2D eigenvalue weighted by Gasteiger charge is 2.24. The molecule has 1 saturated carbocycles. The van der Waals surface area contributed by atoms with Crippen LogP contribution in [0.5, 0.6) is 0 Å². The number of anilines is 2. The molecule has 2 aliphatic rings. The fourth-order valence-electron chi connectivity index (χ4n) is 5.76. The van der Waals surface area contributed by atoms with Crippen molar-refractivity contribution in [2.45, 2.75) is 78.2 Å². The number of hydrogen-bond acceptors (Lipinski definition) is 4. The van der Waals surface area contributed by atoms with Crippen LogP contribution >= 0.6 is 0 Å². The molecule has 34 heavy (non-hydrogen) atoms. The second-order valence-electron chi connectivity index (χ2n) is 10.7. The van der Waals surface area contributed by atoms with E-state index in [0.717, 1.165) is 53.9 Å². The number of hydrogen-bond donors (Lipinski definition) is 1. The molecule has 2 amide bonds. The fourth-order valence-corrected chi connectivity index (χ4v) is 5.76. The third-order valence-electron chi connectivity index (χ3n) is 7.56. The van der Waals surface area contributed by atoms with Crippen molar-refractivity contribution >= 4 is 34.2 Å².